The number of para-hydroxylation sites is 2. The van der Waals surface area contributed by atoms with Gasteiger partial charge in [-0.3, -0.25) is 0 Å². The molecule has 0 saturated carbocycles. The van der Waals surface area contributed by atoms with Crippen LogP contribution in [-0.4, -0.2) is 6.67 Å². The second-order valence-corrected chi connectivity index (χ2v) is 8.85. The summed E-state index contributed by atoms with van der Waals surface area (Å²) in [4.78, 5) is 0. The molecule has 2 rings (SSSR count). The molecule has 0 aromatic heterocycles. The van der Waals surface area contributed by atoms with Crippen LogP contribution in [-0.2, 0) is 25.7 Å². The zero-order chi connectivity index (χ0) is 22.3. The standard InChI is InChI=1S/C29H46N2/c1-5-9-15-24-19-13-20-25(16-10-6-2)28(24)30-23-31-29-26(17-11-7-3)21-14-22-27(29)18-12-8-4/h13-14,19-22,30-31H,5-12,15-18,23H2,1-4H3. The van der Waals surface area contributed by atoms with Crippen LogP contribution in [0.15, 0.2) is 36.4 Å². The number of benzene rings is 2. The quantitative estimate of drug-likeness (QED) is 0.265. The number of hydrogen-bond donors (Lipinski definition) is 2. The van der Waals surface area contributed by atoms with Crippen molar-refractivity contribution in [3.8, 4) is 0 Å². The zero-order valence-electron chi connectivity index (χ0n) is 20.7. The van der Waals surface area contributed by atoms with Gasteiger partial charge in [0.1, 0.15) is 0 Å². The molecule has 0 unspecified atom stereocenters. The smallest absolute Gasteiger partial charge is 0.0849 e. The van der Waals surface area contributed by atoms with Crippen LogP contribution in [0.5, 0.6) is 0 Å². The van der Waals surface area contributed by atoms with E-state index in [-0.39, 0.29) is 0 Å². The van der Waals surface area contributed by atoms with Crippen molar-refractivity contribution in [2.75, 3.05) is 17.3 Å². The van der Waals surface area contributed by atoms with Crippen molar-refractivity contribution in [3.05, 3.63) is 58.7 Å². The van der Waals surface area contributed by atoms with Gasteiger partial charge in [0.2, 0.25) is 0 Å². The predicted molar refractivity (Wildman–Crippen MR) is 139 cm³/mol. The summed E-state index contributed by atoms with van der Waals surface area (Å²) in [5, 5.41) is 7.61. The number of rotatable bonds is 16. The van der Waals surface area contributed by atoms with Gasteiger partial charge in [0.25, 0.3) is 0 Å². The molecule has 0 atom stereocenters. The summed E-state index contributed by atoms with van der Waals surface area (Å²) >= 11 is 0. The third-order valence-electron chi connectivity index (χ3n) is 6.20. The van der Waals surface area contributed by atoms with E-state index in [1.165, 1.54) is 85.0 Å². The first-order valence-corrected chi connectivity index (χ1v) is 12.9. The highest BCUT2D eigenvalue weighted by Gasteiger charge is 2.11. The Hall–Kier alpha value is -1.96. The second-order valence-electron chi connectivity index (χ2n) is 8.85. The summed E-state index contributed by atoms with van der Waals surface area (Å²) in [6.07, 6.45) is 14.6. The fourth-order valence-corrected chi connectivity index (χ4v) is 4.28. The van der Waals surface area contributed by atoms with Crippen LogP contribution < -0.4 is 10.6 Å². The van der Waals surface area contributed by atoms with E-state index in [0.29, 0.717) is 0 Å². The molecule has 0 saturated heterocycles. The highest BCUT2D eigenvalue weighted by molar-refractivity contribution is 5.61. The minimum absolute atomic E-state index is 0.782. The molecule has 2 aromatic rings. The molecule has 0 radical (unpaired) electrons. The van der Waals surface area contributed by atoms with Crippen LogP contribution >= 0.6 is 0 Å². The number of unbranched alkanes of at least 4 members (excludes halogenated alkanes) is 4. The average molecular weight is 423 g/mol. The maximum Gasteiger partial charge on any atom is 0.0849 e. The first-order chi connectivity index (χ1) is 15.2. The van der Waals surface area contributed by atoms with Crippen molar-refractivity contribution in [1.82, 2.24) is 0 Å². The summed E-state index contributed by atoms with van der Waals surface area (Å²) in [6, 6.07) is 13.8. The van der Waals surface area contributed by atoms with E-state index >= 15 is 0 Å². The molecule has 31 heavy (non-hydrogen) atoms. The number of nitrogens with one attached hydrogen (secondary N) is 2. The molecule has 2 N–H and O–H groups in total. The molecule has 2 nitrogen and oxygen atoms in total. The van der Waals surface area contributed by atoms with Crippen LogP contribution in [0.4, 0.5) is 11.4 Å². The summed E-state index contributed by atoms with van der Waals surface area (Å²) in [6.45, 7) is 9.90. The monoisotopic (exact) mass is 422 g/mol. The lowest BCUT2D eigenvalue weighted by Crippen LogP contribution is -2.17. The third-order valence-corrected chi connectivity index (χ3v) is 6.20. The van der Waals surface area contributed by atoms with E-state index in [1.807, 2.05) is 0 Å². The third kappa shape index (κ3) is 8.24. The number of aryl methyl sites for hydroxylation is 4. The van der Waals surface area contributed by atoms with E-state index in [9.17, 15) is 0 Å². The molecule has 0 aliphatic carbocycles. The second kappa shape index (κ2) is 14.9. The SMILES string of the molecule is CCCCc1cccc(CCCC)c1NCNc1c(CCCC)cccc1CCCC. The first kappa shape index (κ1) is 25.3. The Morgan fingerprint density at radius 1 is 0.484 bits per heavy atom. The molecule has 172 valence electrons. The predicted octanol–water partition coefficient (Wildman–Crippen LogP) is 8.54. The first-order valence-electron chi connectivity index (χ1n) is 12.9. The molecule has 0 amide bonds. The van der Waals surface area contributed by atoms with E-state index in [4.69, 9.17) is 0 Å². The number of anilines is 2. The van der Waals surface area contributed by atoms with Gasteiger partial charge in [-0.2, -0.15) is 0 Å². The minimum Gasteiger partial charge on any atom is -0.367 e. The fourth-order valence-electron chi connectivity index (χ4n) is 4.28. The van der Waals surface area contributed by atoms with Gasteiger partial charge in [0, 0.05) is 11.4 Å². The van der Waals surface area contributed by atoms with E-state index in [2.05, 4.69) is 74.7 Å². The van der Waals surface area contributed by atoms with E-state index < -0.39 is 0 Å². The summed E-state index contributed by atoms with van der Waals surface area (Å²) in [7, 11) is 0. The Labute approximate surface area is 192 Å². The molecule has 2 aromatic carbocycles. The number of hydrogen-bond acceptors (Lipinski definition) is 2. The molecule has 0 spiro atoms. The maximum absolute atomic E-state index is 3.80. The minimum atomic E-state index is 0.782. The van der Waals surface area contributed by atoms with Gasteiger partial charge >= 0.3 is 0 Å². The topological polar surface area (TPSA) is 24.1 Å². The highest BCUT2D eigenvalue weighted by Crippen LogP contribution is 2.27. The highest BCUT2D eigenvalue weighted by atomic mass is 15.1. The lowest BCUT2D eigenvalue weighted by atomic mass is 9.98. The Morgan fingerprint density at radius 3 is 1.03 bits per heavy atom. The van der Waals surface area contributed by atoms with E-state index in [1.54, 1.807) is 0 Å². The molecule has 0 aliphatic heterocycles. The van der Waals surface area contributed by atoms with Crippen LogP contribution in [0.2, 0.25) is 0 Å². The molecular formula is C29H46N2. The summed E-state index contributed by atoms with van der Waals surface area (Å²) < 4.78 is 0. The average Bonchev–Trinajstić information content (AvgIpc) is 2.80. The van der Waals surface area contributed by atoms with Crippen molar-refractivity contribution in [1.29, 1.82) is 0 Å². The molecule has 0 bridgehead atoms. The molecule has 0 aliphatic rings. The Morgan fingerprint density at radius 2 is 0.774 bits per heavy atom. The van der Waals surface area contributed by atoms with Gasteiger partial charge in [-0.1, -0.05) is 89.8 Å². The maximum atomic E-state index is 3.80. The fraction of sp³-hybridized carbons (Fsp3) is 0.586. The van der Waals surface area contributed by atoms with E-state index in [0.717, 1.165) is 32.4 Å². The van der Waals surface area contributed by atoms with Gasteiger partial charge in [-0.05, 0) is 73.6 Å². The van der Waals surface area contributed by atoms with Gasteiger partial charge in [-0.15, -0.1) is 0 Å². The molecule has 2 heteroatoms. The Balaban J connectivity index is 2.19. The van der Waals surface area contributed by atoms with Gasteiger partial charge in [0.05, 0.1) is 6.67 Å². The lowest BCUT2D eigenvalue weighted by Gasteiger charge is -2.21. The Bertz CT molecular complexity index is 634. The molecule has 0 heterocycles. The van der Waals surface area contributed by atoms with Crippen LogP contribution in [0.3, 0.4) is 0 Å². The van der Waals surface area contributed by atoms with Crippen molar-refractivity contribution >= 4 is 11.4 Å². The van der Waals surface area contributed by atoms with Crippen molar-refractivity contribution in [2.45, 2.75) is 105 Å². The summed E-state index contributed by atoms with van der Waals surface area (Å²) in [5.41, 5.74) is 8.65. The van der Waals surface area contributed by atoms with Gasteiger partial charge in [-0.25, -0.2) is 0 Å². The van der Waals surface area contributed by atoms with Crippen molar-refractivity contribution < 1.29 is 0 Å². The van der Waals surface area contributed by atoms with Crippen LogP contribution in [0.25, 0.3) is 0 Å². The lowest BCUT2D eigenvalue weighted by molar-refractivity contribution is 0.779. The molecule has 0 fully saturated rings. The van der Waals surface area contributed by atoms with Gasteiger partial charge in [0.15, 0.2) is 0 Å². The van der Waals surface area contributed by atoms with Crippen LogP contribution in [0.1, 0.15) is 101 Å². The largest absolute Gasteiger partial charge is 0.367 e. The van der Waals surface area contributed by atoms with Gasteiger partial charge < -0.3 is 10.6 Å². The summed E-state index contributed by atoms with van der Waals surface area (Å²) in [5.74, 6) is 0. The Kier molecular flexibility index (Phi) is 12.2. The van der Waals surface area contributed by atoms with Crippen LogP contribution in [0, 0.1) is 0 Å². The van der Waals surface area contributed by atoms with Crippen molar-refractivity contribution in [3.63, 3.8) is 0 Å². The normalized spacial score (nSPS) is 11.0. The zero-order valence-corrected chi connectivity index (χ0v) is 20.7. The van der Waals surface area contributed by atoms with Crippen molar-refractivity contribution in [2.24, 2.45) is 0 Å². The molecular weight excluding hydrogens is 376 g/mol.